The molecule has 0 saturated carbocycles. The Bertz CT molecular complexity index is 394. The van der Waals surface area contributed by atoms with Crippen molar-refractivity contribution in [1.29, 1.82) is 0 Å². The first kappa shape index (κ1) is 14.7. The van der Waals surface area contributed by atoms with E-state index in [9.17, 15) is 0 Å². The fourth-order valence-electron chi connectivity index (χ4n) is 1.43. The van der Waals surface area contributed by atoms with Crippen LogP contribution in [-0.2, 0) is 0 Å². The van der Waals surface area contributed by atoms with E-state index in [0.717, 1.165) is 23.0 Å². The van der Waals surface area contributed by atoms with E-state index in [-0.39, 0.29) is 0 Å². The van der Waals surface area contributed by atoms with Crippen LogP contribution in [-0.4, -0.2) is 11.2 Å². The summed E-state index contributed by atoms with van der Waals surface area (Å²) in [6, 6.07) is 6.06. The Hall–Kier alpha value is -0.320. The molecule has 0 bridgehead atoms. The van der Waals surface area contributed by atoms with Crippen LogP contribution in [0.25, 0.3) is 0 Å². The van der Waals surface area contributed by atoms with Gasteiger partial charge in [0.25, 0.3) is 0 Å². The molecule has 5 heteroatoms. The van der Waals surface area contributed by atoms with Crippen molar-refractivity contribution in [3.8, 4) is 0 Å². The molecule has 0 atom stereocenters. The molecule has 1 aromatic rings. The van der Waals surface area contributed by atoms with Crippen LogP contribution >= 0.6 is 39.7 Å². The molecule has 2 nitrogen and oxygen atoms in total. The quantitative estimate of drug-likeness (QED) is 0.788. The predicted molar refractivity (Wildman–Crippen MR) is 82.9 cm³/mol. The van der Waals surface area contributed by atoms with Gasteiger partial charge in [0.1, 0.15) is 0 Å². The van der Waals surface area contributed by atoms with E-state index in [1.165, 1.54) is 0 Å². The van der Waals surface area contributed by atoms with E-state index in [1.54, 1.807) is 0 Å². The van der Waals surface area contributed by atoms with Gasteiger partial charge in [0.15, 0.2) is 5.11 Å². The molecule has 17 heavy (non-hydrogen) atoms. The Morgan fingerprint density at radius 3 is 2.59 bits per heavy atom. The lowest BCUT2D eigenvalue weighted by molar-refractivity contribution is 0.573. The summed E-state index contributed by atoms with van der Waals surface area (Å²) in [7, 11) is 0. The van der Waals surface area contributed by atoms with Crippen molar-refractivity contribution in [3.63, 3.8) is 0 Å². The maximum absolute atomic E-state index is 6.10. The average Bonchev–Trinajstić information content (AvgIpc) is 2.29. The monoisotopic (exact) mass is 334 g/mol. The van der Waals surface area contributed by atoms with Crippen molar-refractivity contribution < 1.29 is 0 Å². The number of halogens is 2. The van der Waals surface area contributed by atoms with Gasteiger partial charge in [0.05, 0.1) is 10.7 Å². The van der Waals surface area contributed by atoms with Gasteiger partial charge in [0, 0.05) is 10.5 Å². The van der Waals surface area contributed by atoms with Crippen molar-refractivity contribution in [2.45, 2.75) is 32.7 Å². The molecule has 0 fully saturated rings. The molecule has 0 spiro atoms. The summed E-state index contributed by atoms with van der Waals surface area (Å²) < 4.78 is 0.951. The highest BCUT2D eigenvalue weighted by molar-refractivity contribution is 9.10. The second-order valence-electron chi connectivity index (χ2n) is 3.74. The summed E-state index contributed by atoms with van der Waals surface area (Å²) in [5, 5.41) is 7.62. The van der Waals surface area contributed by atoms with Crippen molar-refractivity contribution in [2.24, 2.45) is 0 Å². The zero-order valence-electron chi connectivity index (χ0n) is 9.89. The number of nitrogens with one attached hydrogen (secondary N) is 2. The Morgan fingerprint density at radius 2 is 2.06 bits per heavy atom. The third-order valence-electron chi connectivity index (χ3n) is 2.50. The van der Waals surface area contributed by atoms with Gasteiger partial charge in [-0.25, -0.2) is 0 Å². The van der Waals surface area contributed by atoms with Crippen LogP contribution in [0.2, 0.25) is 5.02 Å². The van der Waals surface area contributed by atoms with E-state index >= 15 is 0 Å². The highest BCUT2D eigenvalue weighted by Crippen LogP contribution is 2.25. The third kappa shape index (κ3) is 4.82. The Kier molecular flexibility index (Phi) is 6.23. The first-order chi connectivity index (χ1) is 8.06. The molecule has 0 aliphatic carbocycles. The number of hydrogen-bond acceptors (Lipinski definition) is 1. The van der Waals surface area contributed by atoms with Crippen molar-refractivity contribution in [1.82, 2.24) is 5.32 Å². The van der Waals surface area contributed by atoms with Gasteiger partial charge in [-0.3, -0.25) is 0 Å². The second kappa shape index (κ2) is 7.19. The van der Waals surface area contributed by atoms with E-state index in [4.69, 9.17) is 23.8 Å². The van der Waals surface area contributed by atoms with Gasteiger partial charge in [-0.05, 0) is 43.3 Å². The van der Waals surface area contributed by atoms with Crippen LogP contribution in [0.4, 0.5) is 5.69 Å². The molecule has 2 N–H and O–H groups in total. The lowest BCUT2D eigenvalue weighted by Crippen LogP contribution is -2.36. The molecule has 0 radical (unpaired) electrons. The molecule has 0 unspecified atom stereocenters. The number of rotatable bonds is 4. The van der Waals surface area contributed by atoms with E-state index in [1.807, 2.05) is 18.2 Å². The standard InChI is InChI=1S/C12H16BrClN2S/c1-3-9(4-2)15-12(17)16-11-6-5-8(13)7-10(11)14/h5-7,9H,3-4H2,1-2H3,(H2,15,16,17). The first-order valence-corrected chi connectivity index (χ1v) is 7.17. The van der Waals surface area contributed by atoms with Crippen molar-refractivity contribution in [3.05, 3.63) is 27.7 Å². The normalized spacial score (nSPS) is 10.4. The maximum atomic E-state index is 6.10. The lowest BCUT2D eigenvalue weighted by Gasteiger charge is -2.18. The number of thiocarbonyl (C=S) groups is 1. The minimum Gasteiger partial charge on any atom is -0.360 e. The molecule has 0 heterocycles. The Morgan fingerprint density at radius 1 is 1.41 bits per heavy atom. The van der Waals surface area contributed by atoms with Gasteiger partial charge in [0.2, 0.25) is 0 Å². The van der Waals surface area contributed by atoms with Gasteiger partial charge < -0.3 is 10.6 Å². The molecule has 0 saturated heterocycles. The summed E-state index contributed by atoms with van der Waals surface area (Å²) in [6.45, 7) is 4.27. The van der Waals surface area contributed by atoms with Crippen LogP contribution in [0.1, 0.15) is 26.7 Å². The average molecular weight is 336 g/mol. The maximum Gasteiger partial charge on any atom is 0.171 e. The van der Waals surface area contributed by atoms with Crippen LogP contribution in [0, 0.1) is 0 Å². The van der Waals surface area contributed by atoms with Crippen molar-refractivity contribution in [2.75, 3.05) is 5.32 Å². The van der Waals surface area contributed by atoms with Gasteiger partial charge in [-0.1, -0.05) is 41.4 Å². The van der Waals surface area contributed by atoms with Gasteiger partial charge in [-0.2, -0.15) is 0 Å². The van der Waals surface area contributed by atoms with Gasteiger partial charge >= 0.3 is 0 Å². The fraction of sp³-hybridized carbons (Fsp3) is 0.417. The number of anilines is 1. The van der Waals surface area contributed by atoms with E-state index in [2.05, 4.69) is 40.4 Å². The molecule has 1 aromatic carbocycles. The summed E-state index contributed by atoms with van der Waals surface area (Å²) in [6.07, 6.45) is 2.10. The number of benzene rings is 1. The summed E-state index contributed by atoms with van der Waals surface area (Å²) >= 11 is 14.7. The minimum absolute atomic E-state index is 0.407. The lowest BCUT2D eigenvalue weighted by atomic mass is 10.2. The molecule has 0 aliphatic heterocycles. The zero-order chi connectivity index (χ0) is 12.8. The molecule has 94 valence electrons. The van der Waals surface area contributed by atoms with Gasteiger partial charge in [-0.15, -0.1) is 0 Å². The molecular formula is C12H16BrClN2S. The van der Waals surface area contributed by atoms with E-state index < -0.39 is 0 Å². The SMILES string of the molecule is CCC(CC)NC(=S)Nc1ccc(Br)cc1Cl. The number of hydrogen-bond donors (Lipinski definition) is 2. The summed E-state index contributed by atoms with van der Waals surface area (Å²) in [5.74, 6) is 0. The first-order valence-electron chi connectivity index (χ1n) is 5.59. The van der Waals surface area contributed by atoms with Crippen LogP contribution in [0.3, 0.4) is 0 Å². The third-order valence-corrected chi connectivity index (χ3v) is 3.53. The minimum atomic E-state index is 0.407. The predicted octanol–water partition coefficient (Wildman–Crippen LogP) is 4.58. The Balaban J connectivity index is 2.62. The summed E-state index contributed by atoms with van der Waals surface area (Å²) in [4.78, 5) is 0. The van der Waals surface area contributed by atoms with Crippen LogP contribution in [0.15, 0.2) is 22.7 Å². The van der Waals surface area contributed by atoms with Crippen LogP contribution in [0.5, 0.6) is 0 Å². The van der Waals surface area contributed by atoms with Crippen molar-refractivity contribution >= 4 is 50.5 Å². The zero-order valence-corrected chi connectivity index (χ0v) is 13.0. The summed E-state index contributed by atoms with van der Waals surface area (Å²) in [5.41, 5.74) is 0.818. The molecule has 0 amide bonds. The largest absolute Gasteiger partial charge is 0.360 e. The van der Waals surface area contributed by atoms with Crippen LogP contribution < -0.4 is 10.6 Å². The Labute approximate surface area is 121 Å². The van der Waals surface area contributed by atoms with E-state index in [0.29, 0.717) is 16.2 Å². The topological polar surface area (TPSA) is 24.1 Å². The highest BCUT2D eigenvalue weighted by Gasteiger charge is 2.07. The fourth-order valence-corrected chi connectivity index (χ4v) is 2.42. The molecule has 1 rings (SSSR count). The smallest absolute Gasteiger partial charge is 0.171 e. The second-order valence-corrected chi connectivity index (χ2v) is 5.47. The highest BCUT2D eigenvalue weighted by atomic mass is 79.9. The molecule has 0 aromatic heterocycles. The molecule has 0 aliphatic rings. The molecular weight excluding hydrogens is 320 g/mol.